The average Bonchev–Trinajstić information content (AvgIpc) is 2.97. The largest absolute Gasteiger partial charge is 0.466 e. The van der Waals surface area contributed by atoms with Crippen LogP contribution in [0.15, 0.2) is 11.3 Å². The lowest BCUT2D eigenvalue weighted by Crippen LogP contribution is -2.61. The van der Waals surface area contributed by atoms with Gasteiger partial charge < -0.3 is 19.3 Å². The molecule has 27 heavy (non-hydrogen) atoms. The van der Waals surface area contributed by atoms with Gasteiger partial charge in [-0.25, -0.2) is 15.0 Å². The van der Waals surface area contributed by atoms with Crippen LogP contribution in [0.3, 0.4) is 0 Å². The molecule has 0 aromatic carbocycles. The third kappa shape index (κ3) is 3.24. The maximum Gasteiger partial charge on any atom is 0.426 e. The first-order valence-electron chi connectivity index (χ1n) is 8.93. The molecule has 2 N–H and O–H groups in total. The second-order valence-corrected chi connectivity index (χ2v) is 7.70. The predicted octanol–water partition coefficient (Wildman–Crippen LogP) is 1.61. The molecular formula is C18H28N2O7. The minimum absolute atomic E-state index is 0.0143. The number of hydrogen-bond acceptors (Lipinski definition) is 8. The van der Waals surface area contributed by atoms with Gasteiger partial charge in [-0.15, -0.1) is 0 Å². The van der Waals surface area contributed by atoms with E-state index in [1.807, 2.05) is 0 Å². The van der Waals surface area contributed by atoms with Gasteiger partial charge in [0.2, 0.25) is 0 Å². The number of hydrogen-bond donors (Lipinski definition) is 2. The molecule has 1 aliphatic heterocycles. The molecule has 1 fully saturated rings. The molecule has 1 aliphatic carbocycles. The van der Waals surface area contributed by atoms with Gasteiger partial charge in [-0.3, -0.25) is 9.80 Å². The molecule has 0 aromatic heterocycles. The van der Waals surface area contributed by atoms with Crippen LogP contribution >= 0.6 is 0 Å². The standard InChI is InChI=1S/C18H28N2O7/c1-7-26-14(22)17-9-8-10-18(17,24)20(11(2)12(17)13(21)25-6)19-15(23)27-16(3,4)5/h24H,7-10H2,1-6H3,(H,19,23). The van der Waals surface area contributed by atoms with Crippen LogP contribution in [0.2, 0.25) is 0 Å². The molecule has 1 heterocycles. The van der Waals surface area contributed by atoms with E-state index < -0.39 is 34.8 Å². The van der Waals surface area contributed by atoms with E-state index in [-0.39, 0.29) is 30.7 Å². The van der Waals surface area contributed by atoms with Gasteiger partial charge in [0, 0.05) is 5.70 Å². The Labute approximate surface area is 158 Å². The van der Waals surface area contributed by atoms with Crippen LogP contribution in [-0.4, -0.2) is 53.2 Å². The zero-order valence-corrected chi connectivity index (χ0v) is 16.7. The number of methoxy groups -OCH3 is 1. The molecule has 9 heteroatoms. The third-order valence-corrected chi connectivity index (χ3v) is 4.87. The van der Waals surface area contributed by atoms with Crippen LogP contribution in [0.25, 0.3) is 0 Å². The average molecular weight is 384 g/mol. The van der Waals surface area contributed by atoms with Gasteiger partial charge in [0.05, 0.1) is 19.3 Å². The van der Waals surface area contributed by atoms with Crippen LogP contribution < -0.4 is 5.43 Å². The Morgan fingerprint density at radius 1 is 1.26 bits per heavy atom. The van der Waals surface area contributed by atoms with E-state index in [1.165, 1.54) is 14.0 Å². The van der Waals surface area contributed by atoms with E-state index >= 15 is 0 Å². The molecule has 2 unspecified atom stereocenters. The predicted molar refractivity (Wildman–Crippen MR) is 93.8 cm³/mol. The maximum atomic E-state index is 12.9. The van der Waals surface area contributed by atoms with Crippen LogP contribution in [0.4, 0.5) is 4.79 Å². The minimum Gasteiger partial charge on any atom is -0.466 e. The topological polar surface area (TPSA) is 114 Å². The molecule has 1 amide bonds. The smallest absolute Gasteiger partial charge is 0.426 e. The monoisotopic (exact) mass is 384 g/mol. The number of rotatable bonds is 4. The number of nitrogens with one attached hydrogen (secondary N) is 1. The van der Waals surface area contributed by atoms with Gasteiger partial charge in [-0.2, -0.15) is 0 Å². The van der Waals surface area contributed by atoms with Crippen LogP contribution in [-0.2, 0) is 23.8 Å². The second-order valence-electron chi connectivity index (χ2n) is 7.70. The molecule has 9 nitrogen and oxygen atoms in total. The first-order valence-corrected chi connectivity index (χ1v) is 8.93. The minimum atomic E-state index is -1.86. The fourth-order valence-corrected chi connectivity index (χ4v) is 3.95. The third-order valence-electron chi connectivity index (χ3n) is 4.87. The lowest BCUT2D eigenvalue weighted by Gasteiger charge is -2.41. The lowest BCUT2D eigenvalue weighted by molar-refractivity contribution is -0.188. The second kappa shape index (κ2) is 7.03. The molecule has 152 valence electrons. The van der Waals surface area contributed by atoms with E-state index in [9.17, 15) is 19.5 Å². The molecule has 1 saturated carbocycles. The molecule has 0 spiro atoms. The van der Waals surface area contributed by atoms with Gasteiger partial charge >= 0.3 is 18.0 Å². The number of fused-ring (bicyclic) bond motifs is 1. The Kier molecular flexibility index (Phi) is 5.47. The molecule has 0 radical (unpaired) electrons. The van der Waals surface area contributed by atoms with Crippen molar-refractivity contribution in [3.8, 4) is 0 Å². The Morgan fingerprint density at radius 2 is 1.89 bits per heavy atom. The van der Waals surface area contributed by atoms with Crippen LogP contribution in [0.5, 0.6) is 0 Å². The van der Waals surface area contributed by atoms with Gasteiger partial charge in [0.15, 0.2) is 11.1 Å². The summed E-state index contributed by atoms with van der Waals surface area (Å²) in [6.07, 6.45) is -0.0166. The van der Waals surface area contributed by atoms with Crippen molar-refractivity contribution in [1.82, 2.24) is 10.4 Å². The molecule has 2 atom stereocenters. The highest BCUT2D eigenvalue weighted by atomic mass is 16.6. The van der Waals surface area contributed by atoms with Crippen LogP contribution in [0, 0.1) is 5.41 Å². The van der Waals surface area contributed by atoms with Crippen molar-refractivity contribution in [2.45, 2.75) is 65.2 Å². The fourth-order valence-electron chi connectivity index (χ4n) is 3.95. The van der Waals surface area contributed by atoms with Crippen molar-refractivity contribution in [2.75, 3.05) is 13.7 Å². The number of esters is 2. The summed E-state index contributed by atoms with van der Waals surface area (Å²) in [6.45, 7) is 8.36. The number of amides is 1. The first-order chi connectivity index (χ1) is 12.4. The van der Waals surface area contributed by atoms with E-state index in [4.69, 9.17) is 14.2 Å². The highest BCUT2D eigenvalue weighted by Gasteiger charge is 2.72. The number of carbonyl (C=O) groups excluding carboxylic acids is 3. The normalized spacial score (nSPS) is 27.3. The van der Waals surface area contributed by atoms with Crippen molar-refractivity contribution in [1.29, 1.82) is 0 Å². The Bertz CT molecular complexity index is 682. The summed E-state index contributed by atoms with van der Waals surface area (Å²) in [4.78, 5) is 37.7. The van der Waals surface area contributed by atoms with E-state index in [0.717, 1.165) is 5.01 Å². The molecular weight excluding hydrogens is 356 g/mol. The van der Waals surface area contributed by atoms with Gasteiger partial charge in [0.25, 0.3) is 0 Å². The van der Waals surface area contributed by atoms with Crippen molar-refractivity contribution in [3.05, 3.63) is 11.3 Å². The molecule has 2 aliphatic rings. The van der Waals surface area contributed by atoms with E-state index in [1.54, 1.807) is 27.7 Å². The summed E-state index contributed by atoms with van der Waals surface area (Å²) in [5.74, 6) is -1.48. The van der Waals surface area contributed by atoms with Gasteiger partial charge in [-0.05, 0) is 53.9 Å². The molecule has 0 saturated heterocycles. The fraction of sp³-hybridized carbons (Fsp3) is 0.722. The van der Waals surface area contributed by atoms with Crippen molar-refractivity contribution >= 4 is 18.0 Å². The highest BCUT2D eigenvalue weighted by Crippen LogP contribution is 2.59. The number of ether oxygens (including phenoxy) is 3. The van der Waals surface area contributed by atoms with Gasteiger partial charge in [0.1, 0.15) is 5.60 Å². The maximum absolute atomic E-state index is 12.9. The Morgan fingerprint density at radius 3 is 2.41 bits per heavy atom. The molecule has 0 bridgehead atoms. The van der Waals surface area contributed by atoms with Crippen molar-refractivity contribution < 1.29 is 33.7 Å². The molecule has 0 aromatic rings. The summed E-state index contributed by atoms with van der Waals surface area (Å²) in [6, 6.07) is 0. The summed E-state index contributed by atoms with van der Waals surface area (Å²) in [5, 5.41) is 12.6. The zero-order chi connectivity index (χ0) is 20.6. The first kappa shape index (κ1) is 21.0. The number of nitrogens with zero attached hydrogens (tertiary/aromatic N) is 1. The summed E-state index contributed by atoms with van der Waals surface area (Å²) in [7, 11) is 1.19. The van der Waals surface area contributed by atoms with Crippen molar-refractivity contribution in [3.63, 3.8) is 0 Å². The molecule has 2 rings (SSSR count). The number of hydrazine groups is 1. The van der Waals surface area contributed by atoms with Crippen molar-refractivity contribution in [2.24, 2.45) is 5.41 Å². The van der Waals surface area contributed by atoms with E-state index in [0.29, 0.717) is 6.42 Å². The number of aliphatic hydroxyl groups is 1. The quantitative estimate of drug-likeness (QED) is 0.555. The Hall–Kier alpha value is -2.29. The van der Waals surface area contributed by atoms with E-state index in [2.05, 4.69) is 5.43 Å². The Balaban J connectivity index is 2.53. The summed E-state index contributed by atoms with van der Waals surface area (Å²) >= 11 is 0. The lowest BCUT2D eigenvalue weighted by atomic mass is 9.75. The van der Waals surface area contributed by atoms with Gasteiger partial charge in [-0.1, -0.05) is 0 Å². The number of allylic oxidation sites excluding steroid dienone is 1. The SMILES string of the molecule is CCOC(=O)C12CCCC1(O)N(NC(=O)OC(C)(C)C)C(C)=C2C(=O)OC. The number of carbonyl (C=O) groups is 3. The summed E-state index contributed by atoms with van der Waals surface area (Å²) < 4.78 is 15.3. The summed E-state index contributed by atoms with van der Waals surface area (Å²) in [5.41, 5.74) is -1.59. The zero-order valence-electron chi connectivity index (χ0n) is 16.7. The van der Waals surface area contributed by atoms with Crippen LogP contribution in [0.1, 0.15) is 53.9 Å². The highest BCUT2D eigenvalue weighted by molar-refractivity contribution is 6.01.